The minimum atomic E-state index is -0.264. The number of hydrogen-bond acceptors (Lipinski definition) is 8. The molecule has 5 rings (SSSR count). The third-order valence-electron chi connectivity index (χ3n) is 4.68. The Morgan fingerprint density at radius 1 is 1.06 bits per heavy atom. The Morgan fingerprint density at radius 2 is 1.91 bits per heavy atom. The third kappa shape index (κ3) is 4.70. The van der Waals surface area contributed by atoms with E-state index >= 15 is 0 Å². The monoisotopic (exact) mass is 458 g/mol. The molecule has 4 aromatic rings. The Kier molecular flexibility index (Phi) is 5.98. The molecule has 1 amide bonds. The van der Waals surface area contributed by atoms with E-state index in [2.05, 4.69) is 25.7 Å². The quantitative estimate of drug-likeness (QED) is 0.257. The van der Waals surface area contributed by atoms with Crippen molar-refractivity contribution >= 4 is 23.9 Å². The molecule has 1 aliphatic heterocycles. The molecule has 2 aromatic heterocycles. The lowest BCUT2D eigenvalue weighted by Crippen LogP contribution is -2.20. The Hall–Kier alpha value is -4.18. The lowest BCUT2D eigenvalue weighted by atomic mass is 10.2. The van der Waals surface area contributed by atoms with Crippen molar-refractivity contribution in [1.82, 2.24) is 25.2 Å². The summed E-state index contributed by atoms with van der Waals surface area (Å²) in [5, 5.41) is 13.3. The molecule has 0 unspecified atom stereocenters. The second kappa shape index (κ2) is 9.53. The number of para-hydroxylation sites is 1. The molecule has 0 radical (unpaired) electrons. The first kappa shape index (κ1) is 20.7. The zero-order valence-electron chi connectivity index (χ0n) is 17.3. The van der Waals surface area contributed by atoms with Crippen molar-refractivity contribution in [3.8, 4) is 28.6 Å². The fourth-order valence-electron chi connectivity index (χ4n) is 3.18. The molecule has 3 heterocycles. The molecule has 0 spiro atoms. The predicted octanol–water partition coefficient (Wildman–Crippen LogP) is 3.30. The van der Waals surface area contributed by atoms with Crippen LogP contribution in [0.3, 0.4) is 0 Å². The normalized spacial score (nSPS) is 12.2. The Balaban J connectivity index is 1.35. The van der Waals surface area contributed by atoms with Crippen LogP contribution in [-0.2, 0) is 4.79 Å². The van der Waals surface area contributed by atoms with E-state index in [4.69, 9.17) is 9.47 Å². The highest BCUT2D eigenvalue weighted by molar-refractivity contribution is 7.99. The number of ether oxygens (including phenoxy) is 2. The number of rotatable bonds is 7. The van der Waals surface area contributed by atoms with Gasteiger partial charge in [-0.15, -0.1) is 10.2 Å². The van der Waals surface area contributed by atoms with Gasteiger partial charge in [0.1, 0.15) is 0 Å². The maximum Gasteiger partial charge on any atom is 0.250 e. The van der Waals surface area contributed by atoms with Crippen LogP contribution in [0.5, 0.6) is 11.5 Å². The van der Waals surface area contributed by atoms with E-state index in [-0.39, 0.29) is 18.5 Å². The van der Waals surface area contributed by atoms with Gasteiger partial charge in [0.2, 0.25) is 6.79 Å². The van der Waals surface area contributed by atoms with Crippen molar-refractivity contribution in [2.24, 2.45) is 5.10 Å². The van der Waals surface area contributed by atoms with Gasteiger partial charge >= 0.3 is 0 Å². The summed E-state index contributed by atoms with van der Waals surface area (Å²) < 4.78 is 12.8. The van der Waals surface area contributed by atoms with Crippen molar-refractivity contribution < 1.29 is 14.3 Å². The van der Waals surface area contributed by atoms with E-state index in [0.717, 1.165) is 11.3 Å². The fraction of sp³-hybridized carbons (Fsp3) is 0.0870. The number of nitrogens with zero attached hydrogens (tertiary/aromatic N) is 5. The average molecular weight is 459 g/mol. The van der Waals surface area contributed by atoms with E-state index in [1.807, 2.05) is 65.2 Å². The van der Waals surface area contributed by atoms with Gasteiger partial charge in [-0.05, 0) is 42.5 Å². The van der Waals surface area contributed by atoms with Crippen LogP contribution >= 0.6 is 11.8 Å². The summed E-state index contributed by atoms with van der Waals surface area (Å²) in [4.78, 5) is 16.4. The van der Waals surface area contributed by atoms with E-state index in [1.165, 1.54) is 18.0 Å². The van der Waals surface area contributed by atoms with Crippen molar-refractivity contribution in [2.75, 3.05) is 12.5 Å². The fourth-order valence-corrected chi connectivity index (χ4v) is 3.93. The number of fused-ring (bicyclic) bond motifs is 1. The van der Waals surface area contributed by atoms with Gasteiger partial charge in [-0.25, -0.2) is 5.43 Å². The van der Waals surface area contributed by atoms with Crippen molar-refractivity contribution in [3.63, 3.8) is 0 Å². The molecule has 0 fully saturated rings. The van der Waals surface area contributed by atoms with Crippen LogP contribution in [0.15, 0.2) is 83.2 Å². The maximum atomic E-state index is 12.3. The standard InChI is InChI=1S/C23H18N6O3S/c30-21(26-25-13-17-6-4-5-11-24-17)14-33-23-28-27-22(29(23)18-7-2-1-3-8-18)16-9-10-19-20(12-16)32-15-31-19/h1-13H,14-15H2,(H,26,30)/b25-13+. The molecule has 2 aromatic carbocycles. The molecule has 1 aliphatic rings. The lowest BCUT2D eigenvalue weighted by molar-refractivity contribution is -0.118. The van der Waals surface area contributed by atoms with Crippen LogP contribution in [-0.4, -0.2) is 44.4 Å². The van der Waals surface area contributed by atoms with Crippen LogP contribution < -0.4 is 14.9 Å². The summed E-state index contributed by atoms with van der Waals surface area (Å²) in [5.41, 5.74) is 4.87. The van der Waals surface area contributed by atoms with E-state index < -0.39 is 0 Å². The summed E-state index contributed by atoms with van der Waals surface area (Å²) >= 11 is 1.27. The summed E-state index contributed by atoms with van der Waals surface area (Å²) in [6, 6.07) is 20.8. The van der Waals surface area contributed by atoms with Crippen LogP contribution in [0.1, 0.15) is 5.69 Å². The Labute approximate surface area is 193 Å². The highest BCUT2D eigenvalue weighted by Crippen LogP contribution is 2.36. The van der Waals surface area contributed by atoms with Gasteiger partial charge < -0.3 is 9.47 Å². The molecule has 10 heteroatoms. The predicted molar refractivity (Wildman–Crippen MR) is 124 cm³/mol. The van der Waals surface area contributed by atoms with Crippen LogP contribution in [0.4, 0.5) is 0 Å². The number of nitrogens with one attached hydrogen (secondary N) is 1. The first-order valence-electron chi connectivity index (χ1n) is 10.0. The second-order valence-corrected chi connectivity index (χ2v) is 7.82. The number of carbonyl (C=O) groups excluding carboxylic acids is 1. The van der Waals surface area contributed by atoms with E-state index in [0.29, 0.717) is 28.2 Å². The molecule has 164 valence electrons. The summed E-state index contributed by atoms with van der Waals surface area (Å²) in [5.74, 6) is 1.84. The highest BCUT2D eigenvalue weighted by Gasteiger charge is 2.20. The third-order valence-corrected chi connectivity index (χ3v) is 5.61. The smallest absolute Gasteiger partial charge is 0.250 e. The number of amides is 1. The van der Waals surface area contributed by atoms with Gasteiger partial charge in [0.15, 0.2) is 22.5 Å². The molecule has 0 aliphatic carbocycles. The SMILES string of the molecule is O=C(CSc1nnc(-c2ccc3c(c2)OCO3)n1-c1ccccc1)N/N=C/c1ccccn1. The van der Waals surface area contributed by atoms with Crippen molar-refractivity contribution in [3.05, 3.63) is 78.6 Å². The van der Waals surface area contributed by atoms with Crippen molar-refractivity contribution in [1.29, 1.82) is 0 Å². The number of benzene rings is 2. The van der Waals surface area contributed by atoms with E-state index in [9.17, 15) is 4.79 Å². The number of hydrogen-bond donors (Lipinski definition) is 1. The van der Waals surface area contributed by atoms with Crippen LogP contribution in [0, 0.1) is 0 Å². The van der Waals surface area contributed by atoms with Crippen LogP contribution in [0.2, 0.25) is 0 Å². The van der Waals surface area contributed by atoms with Crippen molar-refractivity contribution in [2.45, 2.75) is 5.16 Å². The molecule has 0 atom stereocenters. The number of thioether (sulfide) groups is 1. The Bertz CT molecular complexity index is 1290. The number of pyridine rings is 1. The van der Waals surface area contributed by atoms with Gasteiger partial charge in [-0.3, -0.25) is 14.3 Å². The molecule has 0 bridgehead atoms. The topological polar surface area (TPSA) is 104 Å². The zero-order chi connectivity index (χ0) is 22.5. The minimum Gasteiger partial charge on any atom is -0.454 e. The summed E-state index contributed by atoms with van der Waals surface area (Å²) in [6.07, 6.45) is 3.15. The van der Waals surface area contributed by atoms with Gasteiger partial charge in [0.25, 0.3) is 5.91 Å². The van der Waals surface area contributed by atoms with Gasteiger partial charge in [-0.2, -0.15) is 5.10 Å². The van der Waals surface area contributed by atoms with Crippen LogP contribution in [0.25, 0.3) is 17.1 Å². The summed E-state index contributed by atoms with van der Waals surface area (Å²) in [6.45, 7) is 0.198. The number of hydrazone groups is 1. The van der Waals surface area contributed by atoms with Gasteiger partial charge in [0, 0.05) is 17.4 Å². The first-order chi connectivity index (χ1) is 16.3. The largest absolute Gasteiger partial charge is 0.454 e. The lowest BCUT2D eigenvalue weighted by Gasteiger charge is -2.10. The summed E-state index contributed by atoms with van der Waals surface area (Å²) in [7, 11) is 0. The second-order valence-electron chi connectivity index (χ2n) is 6.88. The first-order valence-corrected chi connectivity index (χ1v) is 11.0. The Morgan fingerprint density at radius 3 is 2.76 bits per heavy atom. The molecule has 0 saturated heterocycles. The zero-order valence-corrected chi connectivity index (χ0v) is 18.1. The number of carbonyl (C=O) groups is 1. The molecule has 0 saturated carbocycles. The number of aromatic nitrogens is 4. The molecule has 33 heavy (non-hydrogen) atoms. The molecule has 1 N–H and O–H groups in total. The highest BCUT2D eigenvalue weighted by atomic mass is 32.2. The van der Waals surface area contributed by atoms with Gasteiger partial charge in [0.05, 0.1) is 17.7 Å². The maximum absolute atomic E-state index is 12.3. The minimum absolute atomic E-state index is 0.117. The molecule has 9 nitrogen and oxygen atoms in total. The molecular formula is C23H18N6O3S. The average Bonchev–Trinajstić information content (AvgIpc) is 3.50. The molecular weight excluding hydrogens is 440 g/mol. The van der Waals surface area contributed by atoms with E-state index in [1.54, 1.807) is 12.3 Å². The van der Waals surface area contributed by atoms with Gasteiger partial charge in [-0.1, -0.05) is 36.0 Å².